The van der Waals surface area contributed by atoms with Gasteiger partial charge in [-0.25, -0.2) is 4.98 Å². The Kier molecular flexibility index (Phi) is 4.32. The van der Waals surface area contributed by atoms with E-state index >= 15 is 0 Å². The minimum atomic E-state index is 0.0487. The Morgan fingerprint density at radius 1 is 1.45 bits per heavy atom. The number of hydrogen-bond acceptors (Lipinski definition) is 2. The Hall–Kier alpha value is -2.03. The molecule has 1 aromatic carbocycles. The lowest BCUT2D eigenvalue weighted by molar-refractivity contribution is 0.599. The maximum absolute atomic E-state index is 4.83. The van der Waals surface area contributed by atoms with Crippen molar-refractivity contribution in [2.45, 2.75) is 45.7 Å². The minimum absolute atomic E-state index is 0.0487. The van der Waals surface area contributed by atoms with Gasteiger partial charge in [-0.1, -0.05) is 25.1 Å². The second kappa shape index (κ2) is 6.39. The van der Waals surface area contributed by atoms with Crippen molar-refractivity contribution in [3.8, 4) is 0 Å². The molecule has 0 saturated heterocycles. The minimum Gasteiger partial charge on any atom is -0.373 e. The van der Waals surface area contributed by atoms with Gasteiger partial charge >= 0.3 is 0 Å². The highest BCUT2D eigenvalue weighted by Gasteiger charge is 2.23. The molecule has 1 aromatic heterocycles. The molecule has 22 heavy (non-hydrogen) atoms. The SMILES string of the molecule is C=CC(Nc1cccc(C)c1)c1cn(CC2CC2)c(CC)n1. The molecule has 1 fully saturated rings. The third-order valence-corrected chi connectivity index (χ3v) is 4.24. The molecule has 0 spiro atoms. The van der Waals surface area contributed by atoms with Gasteiger partial charge in [0.05, 0.1) is 11.7 Å². The van der Waals surface area contributed by atoms with E-state index in [0.29, 0.717) is 0 Å². The molecule has 0 radical (unpaired) electrons. The van der Waals surface area contributed by atoms with Crippen molar-refractivity contribution in [2.24, 2.45) is 5.92 Å². The first-order valence-corrected chi connectivity index (χ1v) is 8.21. The van der Waals surface area contributed by atoms with E-state index in [-0.39, 0.29) is 6.04 Å². The Morgan fingerprint density at radius 3 is 2.91 bits per heavy atom. The number of rotatable bonds is 7. The first-order chi connectivity index (χ1) is 10.7. The molecule has 3 heteroatoms. The number of nitrogens with one attached hydrogen (secondary N) is 1. The van der Waals surface area contributed by atoms with Crippen LogP contribution in [0.1, 0.15) is 42.9 Å². The molecular formula is C19H25N3. The van der Waals surface area contributed by atoms with Crippen LogP contribution in [0.4, 0.5) is 5.69 Å². The van der Waals surface area contributed by atoms with E-state index in [1.165, 1.54) is 24.2 Å². The van der Waals surface area contributed by atoms with Crippen LogP contribution >= 0.6 is 0 Å². The quantitative estimate of drug-likeness (QED) is 0.762. The van der Waals surface area contributed by atoms with Crippen LogP contribution < -0.4 is 5.32 Å². The predicted molar refractivity (Wildman–Crippen MR) is 92.1 cm³/mol. The molecule has 2 aromatic rings. The fourth-order valence-electron chi connectivity index (χ4n) is 2.81. The monoisotopic (exact) mass is 295 g/mol. The average Bonchev–Trinajstić information content (AvgIpc) is 3.23. The largest absolute Gasteiger partial charge is 0.373 e. The summed E-state index contributed by atoms with van der Waals surface area (Å²) in [5.41, 5.74) is 3.43. The molecule has 1 saturated carbocycles. The summed E-state index contributed by atoms with van der Waals surface area (Å²) in [7, 11) is 0. The number of aryl methyl sites for hydroxylation is 2. The topological polar surface area (TPSA) is 29.9 Å². The summed E-state index contributed by atoms with van der Waals surface area (Å²) >= 11 is 0. The number of aromatic nitrogens is 2. The zero-order chi connectivity index (χ0) is 15.5. The van der Waals surface area contributed by atoms with E-state index in [0.717, 1.165) is 30.3 Å². The van der Waals surface area contributed by atoms with Gasteiger partial charge < -0.3 is 9.88 Å². The van der Waals surface area contributed by atoms with Crippen LogP contribution in [0.5, 0.6) is 0 Å². The predicted octanol–water partition coefficient (Wildman–Crippen LogP) is 4.50. The van der Waals surface area contributed by atoms with Gasteiger partial charge in [0.1, 0.15) is 5.82 Å². The number of hydrogen-bond donors (Lipinski definition) is 1. The van der Waals surface area contributed by atoms with E-state index in [9.17, 15) is 0 Å². The Balaban J connectivity index is 1.80. The summed E-state index contributed by atoms with van der Waals surface area (Å²) < 4.78 is 2.33. The molecule has 0 bridgehead atoms. The smallest absolute Gasteiger partial charge is 0.108 e. The third-order valence-electron chi connectivity index (χ3n) is 4.24. The van der Waals surface area contributed by atoms with Crippen molar-refractivity contribution in [1.82, 2.24) is 9.55 Å². The van der Waals surface area contributed by atoms with Crippen LogP contribution in [0.2, 0.25) is 0 Å². The average molecular weight is 295 g/mol. The van der Waals surface area contributed by atoms with E-state index < -0.39 is 0 Å². The first kappa shape index (κ1) is 14.9. The molecule has 3 rings (SSSR count). The zero-order valence-corrected chi connectivity index (χ0v) is 13.5. The molecule has 1 aliphatic rings. The molecule has 1 atom stereocenters. The zero-order valence-electron chi connectivity index (χ0n) is 13.5. The van der Waals surface area contributed by atoms with Gasteiger partial charge in [-0.05, 0) is 43.4 Å². The van der Waals surface area contributed by atoms with Crippen LogP contribution in [0.15, 0.2) is 43.1 Å². The lowest BCUT2D eigenvalue weighted by atomic mass is 10.1. The molecule has 0 amide bonds. The van der Waals surface area contributed by atoms with Crippen LogP contribution in [-0.4, -0.2) is 9.55 Å². The van der Waals surface area contributed by atoms with Crippen LogP contribution in [0.3, 0.4) is 0 Å². The van der Waals surface area contributed by atoms with Gasteiger partial charge in [0.2, 0.25) is 0 Å². The molecule has 1 aliphatic carbocycles. The Labute approximate surface area is 133 Å². The van der Waals surface area contributed by atoms with E-state index in [1.54, 1.807) is 0 Å². The Bertz CT molecular complexity index is 652. The first-order valence-electron chi connectivity index (χ1n) is 8.21. The fraction of sp³-hybridized carbons (Fsp3) is 0.421. The standard InChI is InChI=1S/C19H25N3/c1-4-17(20-16-8-6-7-14(3)11-16)18-13-22(12-15-9-10-15)19(5-2)21-18/h4,6-8,11,13,15,17,20H,1,5,9-10,12H2,2-3H3. The molecule has 1 heterocycles. The van der Waals surface area contributed by atoms with Crippen molar-refractivity contribution in [3.63, 3.8) is 0 Å². The molecule has 116 valence electrons. The summed E-state index contributed by atoms with van der Waals surface area (Å²) in [5, 5.41) is 3.53. The highest BCUT2D eigenvalue weighted by atomic mass is 15.1. The van der Waals surface area contributed by atoms with Crippen molar-refractivity contribution < 1.29 is 0 Å². The van der Waals surface area contributed by atoms with Gasteiger partial charge in [-0.3, -0.25) is 0 Å². The summed E-state index contributed by atoms with van der Waals surface area (Å²) in [5.74, 6) is 2.04. The summed E-state index contributed by atoms with van der Waals surface area (Å²) in [6.07, 6.45) is 7.84. The maximum atomic E-state index is 4.83. The highest BCUT2D eigenvalue weighted by Crippen LogP contribution is 2.31. The lowest BCUT2D eigenvalue weighted by Gasteiger charge is -2.14. The number of imidazole rings is 1. The van der Waals surface area contributed by atoms with Crippen LogP contribution in [0, 0.1) is 12.8 Å². The molecule has 0 aliphatic heterocycles. The van der Waals surface area contributed by atoms with Crippen molar-refractivity contribution in [3.05, 3.63) is 60.2 Å². The van der Waals surface area contributed by atoms with Crippen molar-refractivity contribution in [1.29, 1.82) is 0 Å². The summed E-state index contributed by atoms with van der Waals surface area (Å²) in [6.45, 7) is 9.38. The van der Waals surface area contributed by atoms with Gasteiger partial charge in [-0.2, -0.15) is 0 Å². The summed E-state index contributed by atoms with van der Waals surface area (Å²) in [6, 6.07) is 8.46. The van der Waals surface area contributed by atoms with Crippen molar-refractivity contribution >= 4 is 5.69 Å². The van der Waals surface area contributed by atoms with Gasteiger partial charge in [0, 0.05) is 24.8 Å². The van der Waals surface area contributed by atoms with E-state index in [1.807, 2.05) is 6.08 Å². The maximum Gasteiger partial charge on any atom is 0.108 e. The molecule has 1 unspecified atom stereocenters. The van der Waals surface area contributed by atoms with Gasteiger partial charge in [0.25, 0.3) is 0 Å². The second-order valence-corrected chi connectivity index (χ2v) is 6.26. The highest BCUT2D eigenvalue weighted by molar-refractivity contribution is 5.48. The number of anilines is 1. The van der Waals surface area contributed by atoms with E-state index in [2.05, 4.69) is 60.8 Å². The number of benzene rings is 1. The summed E-state index contributed by atoms with van der Waals surface area (Å²) in [4.78, 5) is 4.83. The van der Waals surface area contributed by atoms with E-state index in [4.69, 9.17) is 4.98 Å². The van der Waals surface area contributed by atoms with Crippen molar-refractivity contribution in [2.75, 3.05) is 5.32 Å². The third kappa shape index (κ3) is 3.41. The molecule has 1 N–H and O–H groups in total. The fourth-order valence-corrected chi connectivity index (χ4v) is 2.81. The molecular weight excluding hydrogens is 270 g/mol. The molecule has 3 nitrogen and oxygen atoms in total. The van der Waals surface area contributed by atoms with Gasteiger partial charge in [-0.15, -0.1) is 6.58 Å². The van der Waals surface area contributed by atoms with Crippen LogP contribution in [-0.2, 0) is 13.0 Å². The Morgan fingerprint density at radius 2 is 2.27 bits per heavy atom. The normalized spacial score (nSPS) is 15.5. The second-order valence-electron chi connectivity index (χ2n) is 6.26. The lowest BCUT2D eigenvalue weighted by Crippen LogP contribution is -2.08. The van der Waals surface area contributed by atoms with Gasteiger partial charge in [0.15, 0.2) is 0 Å². The van der Waals surface area contributed by atoms with Crippen LogP contribution in [0.25, 0.3) is 0 Å². The number of nitrogens with zero attached hydrogens (tertiary/aromatic N) is 2.